The van der Waals surface area contributed by atoms with Crippen molar-refractivity contribution in [2.45, 2.75) is 18.4 Å². The fraction of sp³-hybridized carbons (Fsp3) is 0.176. The lowest BCUT2D eigenvalue weighted by Crippen LogP contribution is -2.23. The number of hydrogen-bond acceptors (Lipinski definition) is 6. The lowest BCUT2D eigenvalue weighted by atomic mass is 10.2. The molecular formula is C17H16ClN3O4S. The van der Waals surface area contributed by atoms with Crippen molar-refractivity contribution in [3.05, 3.63) is 58.9 Å². The average Bonchev–Trinajstić information content (AvgIpc) is 3.09. The zero-order chi connectivity index (χ0) is 18.7. The van der Waals surface area contributed by atoms with E-state index in [9.17, 15) is 8.42 Å². The molecule has 26 heavy (non-hydrogen) atoms. The Morgan fingerprint density at radius 2 is 2.00 bits per heavy atom. The highest BCUT2D eigenvalue weighted by Crippen LogP contribution is 2.25. The lowest BCUT2D eigenvalue weighted by Gasteiger charge is -2.08. The van der Waals surface area contributed by atoms with Crippen LogP contribution in [0.25, 0.3) is 11.4 Å². The van der Waals surface area contributed by atoms with E-state index < -0.39 is 10.0 Å². The van der Waals surface area contributed by atoms with Gasteiger partial charge >= 0.3 is 0 Å². The first-order chi connectivity index (χ1) is 12.4. The van der Waals surface area contributed by atoms with Gasteiger partial charge in [0.05, 0.1) is 23.6 Å². The first kappa shape index (κ1) is 18.4. The second kappa shape index (κ2) is 7.45. The van der Waals surface area contributed by atoms with Gasteiger partial charge in [-0.25, -0.2) is 13.1 Å². The largest absolute Gasteiger partial charge is 0.496 e. The summed E-state index contributed by atoms with van der Waals surface area (Å²) in [6, 6.07) is 11.7. The molecule has 0 spiro atoms. The lowest BCUT2D eigenvalue weighted by molar-refractivity contribution is 0.376. The van der Waals surface area contributed by atoms with E-state index in [2.05, 4.69) is 14.9 Å². The number of sulfonamides is 1. The van der Waals surface area contributed by atoms with E-state index in [1.807, 2.05) is 0 Å². The van der Waals surface area contributed by atoms with Crippen LogP contribution < -0.4 is 9.46 Å². The summed E-state index contributed by atoms with van der Waals surface area (Å²) in [6.45, 7) is 1.64. The molecule has 0 atom stereocenters. The van der Waals surface area contributed by atoms with E-state index in [0.29, 0.717) is 27.7 Å². The number of rotatable bonds is 6. The molecule has 136 valence electrons. The van der Waals surface area contributed by atoms with Gasteiger partial charge in [-0.1, -0.05) is 28.9 Å². The zero-order valence-corrected chi connectivity index (χ0v) is 15.6. The number of nitrogens with one attached hydrogen (secondary N) is 1. The molecule has 0 saturated carbocycles. The summed E-state index contributed by atoms with van der Waals surface area (Å²) in [4.78, 5) is 4.30. The highest BCUT2D eigenvalue weighted by atomic mass is 35.5. The summed E-state index contributed by atoms with van der Waals surface area (Å²) < 4.78 is 37.5. The average molecular weight is 394 g/mol. The van der Waals surface area contributed by atoms with Crippen LogP contribution in [0, 0.1) is 6.92 Å². The van der Waals surface area contributed by atoms with Crippen molar-refractivity contribution in [3.8, 4) is 17.1 Å². The summed E-state index contributed by atoms with van der Waals surface area (Å²) in [5, 5.41) is 4.32. The van der Waals surface area contributed by atoms with Crippen molar-refractivity contribution in [1.29, 1.82) is 0 Å². The number of halogens is 1. The van der Waals surface area contributed by atoms with Gasteiger partial charge in [-0.15, -0.1) is 0 Å². The highest BCUT2D eigenvalue weighted by molar-refractivity contribution is 7.89. The Morgan fingerprint density at radius 3 is 2.69 bits per heavy atom. The molecule has 1 heterocycles. The van der Waals surface area contributed by atoms with Gasteiger partial charge in [0, 0.05) is 5.56 Å². The number of aromatic nitrogens is 2. The monoisotopic (exact) mass is 393 g/mol. The van der Waals surface area contributed by atoms with Crippen LogP contribution in [0.1, 0.15) is 11.5 Å². The molecule has 0 aliphatic carbocycles. The zero-order valence-electron chi connectivity index (χ0n) is 14.1. The predicted octanol–water partition coefficient (Wildman–Crippen LogP) is 3.19. The third-order valence-electron chi connectivity index (χ3n) is 3.67. The van der Waals surface area contributed by atoms with Crippen molar-refractivity contribution < 1.29 is 17.7 Å². The summed E-state index contributed by atoms with van der Waals surface area (Å²) in [7, 11) is -2.20. The van der Waals surface area contributed by atoms with Crippen LogP contribution in [0.15, 0.2) is 51.9 Å². The highest BCUT2D eigenvalue weighted by Gasteiger charge is 2.18. The molecule has 0 amide bonds. The van der Waals surface area contributed by atoms with Crippen LogP contribution in [0.4, 0.5) is 0 Å². The topological polar surface area (TPSA) is 94.3 Å². The van der Waals surface area contributed by atoms with E-state index >= 15 is 0 Å². The quantitative estimate of drug-likeness (QED) is 0.691. The van der Waals surface area contributed by atoms with Crippen molar-refractivity contribution in [1.82, 2.24) is 14.9 Å². The first-order valence-electron chi connectivity index (χ1n) is 7.62. The first-order valence-corrected chi connectivity index (χ1v) is 9.48. The predicted molar refractivity (Wildman–Crippen MR) is 96.5 cm³/mol. The van der Waals surface area contributed by atoms with Crippen molar-refractivity contribution in [3.63, 3.8) is 0 Å². The summed E-state index contributed by atoms with van der Waals surface area (Å²) in [5.41, 5.74) is 1.33. The van der Waals surface area contributed by atoms with Crippen LogP contribution >= 0.6 is 11.6 Å². The number of nitrogens with zero attached hydrogens (tertiary/aromatic N) is 2. The summed E-state index contributed by atoms with van der Waals surface area (Å²) in [5.74, 6) is 1.05. The van der Waals surface area contributed by atoms with Crippen LogP contribution in [-0.2, 0) is 16.6 Å². The molecule has 7 nitrogen and oxygen atoms in total. The van der Waals surface area contributed by atoms with E-state index in [0.717, 1.165) is 0 Å². The minimum Gasteiger partial charge on any atom is -0.496 e. The molecule has 0 aliphatic rings. The van der Waals surface area contributed by atoms with E-state index in [1.54, 1.807) is 37.3 Å². The summed E-state index contributed by atoms with van der Waals surface area (Å²) in [6.07, 6.45) is 0. The SMILES string of the molecule is COc1ccc(S(=O)(=O)NCc2nc(-c3ccccc3Cl)no2)cc1C. The molecule has 0 unspecified atom stereocenters. The van der Waals surface area contributed by atoms with E-state index in [-0.39, 0.29) is 17.3 Å². The van der Waals surface area contributed by atoms with Gasteiger partial charge in [0.15, 0.2) is 0 Å². The molecule has 0 aliphatic heterocycles. The molecule has 2 aromatic carbocycles. The molecule has 9 heteroatoms. The van der Waals surface area contributed by atoms with Gasteiger partial charge in [0.1, 0.15) is 5.75 Å². The Morgan fingerprint density at radius 1 is 1.23 bits per heavy atom. The fourth-order valence-corrected chi connectivity index (χ4v) is 3.62. The fourth-order valence-electron chi connectivity index (χ4n) is 2.34. The maximum absolute atomic E-state index is 12.4. The Hall–Kier alpha value is -2.42. The van der Waals surface area contributed by atoms with Gasteiger partial charge in [0.2, 0.25) is 21.7 Å². The van der Waals surface area contributed by atoms with E-state index in [4.69, 9.17) is 20.9 Å². The third kappa shape index (κ3) is 3.87. The molecular weight excluding hydrogens is 378 g/mol. The van der Waals surface area contributed by atoms with Crippen LogP contribution in [0.5, 0.6) is 5.75 Å². The standard InChI is InChI=1S/C17H16ClN3O4S/c1-11-9-12(7-8-15(11)24-2)26(22,23)19-10-16-20-17(21-25-16)13-5-3-4-6-14(13)18/h3-9,19H,10H2,1-2H3. The number of hydrogen-bond donors (Lipinski definition) is 1. The minimum atomic E-state index is -3.73. The maximum atomic E-state index is 12.4. The third-order valence-corrected chi connectivity index (χ3v) is 5.40. The van der Waals surface area contributed by atoms with Crippen LogP contribution in [0.3, 0.4) is 0 Å². The molecule has 0 saturated heterocycles. The molecule has 1 N–H and O–H groups in total. The Balaban J connectivity index is 1.75. The number of methoxy groups -OCH3 is 1. The molecule has 3 aromatic rings. The Kier molecular flexibility index (Phi) is 5.26. The number of ether oxygens (including phenoxy) is 1. The van der Waals surface area contributed by atoms with Crippen LogP contribution in [-0.4, -0.2) is 25.7 Å². The molecule has 1 aromatic heterocycles. The molecule has 0 radical (unpaired) electrons. The van der Waals surface area contributed by atoms with Crippen molar-refractivity contribution >= 4 is 21.6 Å². The second-order valence-electron chi connectivity index (χ2n) is 5.45. The van der Waals surface area contributed by atoms with Crippen LogP contribution in [0.2, 0.25) is 5.02 Å². The van der Waals surface area contributed by atoms with Gasteiger partial charge in [-0.05, 0) is 42.8 Å². The number of aryl methyl sites for hydroxylation is 1. The molecule has 0 bridgehead atoms. The molecule has 0 fully saturated rings. The Bertz CT molecular complexity index is 1030. The van der Waals surface area contributed by atoms with E-state index in [1.165, 1.54) is 19.2 Å². The van der Waals surface area contributed by atoms with Gasteiger partial charge in [0.25, 0.3) is 0 Å². The van der Waals surface area contributed by atoms with Crippen molar-refractivity contribution in [2.75, 3.05) is 7.11 Å². The van der Waals surface area contributed by atoms with Crippen molar-refractivity contribution in [2.24, 2.45) is 0 Å². The normalized spacial score (nSPS) is 11.5. The number of benzene rings is 2. The molecule has 3 rings (SSSR count). The minimum absolute atomic E-state index is 0.127. The maximum Gasteiger partial charge on any atom is 0.242 e. The smallest absolute Gasteiger partial charge is 0.242 e. The van der Waals surface area contributed by atoms with Gasteiger partial charge in [-0.2, -0.15) is 4.98 Å². The Labute approximate surface area is 156 Å². The second-order valence-corrected chi connectivity index (χ2v) is 7.62. The summed E-state index contributed by atoms with van der Waals surface area (Å²) >= 11 is 6.09. The van der Waals surface area contributed by atoms with Gasteiger partial charge in [-0.3, -0.25) is 0 Å². The van der Waals surface area contributed by atoms with Gasteiger partial charge < -0.3 is 9.26 Å².